The van der Waals surface area contributed by atoms with Crippen LogP contribution in [0.1, 0.15) is 29.1 Å². The van der Waals surface area contributed by atoms with Crippen molar-refractivity contribution in [2.45, 2.75) is 32.7 Å². The van der Waals surface area contributed by atoms with Gasteiger partial charge in [0.2, 0.25) is 0 Å². The summed E-state index contributed by atoms with van der Waals surface area (Å²) in [5.41, 5.74) is 2.29. The van der Waals surface area contributed by atoms with E-state index in [0.29, 0.717) is 6.54 Å². The predicted molar refractivity (Wildman–Crippen MR) is 120 cm³/mol. The van der Waals surface area contributed by atoms with Crippen LogP contribution in [-0.2, 0) is 13.0 Å². The number of thiazole rings is 1. The third-order valence-corrected chi connectivity index (χ3v) is 5.09. The van der Waals surface area contributed by atoms with Gasteiger partial charge in [-0.05, 0) is 31.4 Å². The van der Waals surface area contributed by atoms with Crippen LogP contribution in [0.4, 0.5) is 5.82 Å². The topological polar surface area (TPSA) is 65.4 Å². The number of halogens is 1. The van der Waals surface area contributed by atoms with Crippen molar-refractivity contribution in [2.24, 2.45) is 4.99 Å². The highest BCUT2D eigenvalue weighted by molar-refractivity contribution is 14.0. The molecule has 1 fully saturated rings. The van der Waals surface area contributed by atoms with E-state index in [1.807, 2.05) is 13.1 Å². The first kappa shape index (κ1) is 20.9. The standard InChI is InChI=1S/C18H26N6S.HI/c1-14-23-16(13-25-14)7-8-20-18(19-2)22-12-15-5-6-17(21-11-15)24-9-3-4-10-24;/h5-6,11,13H,3-4,7-10,12H2,1-2H3,(H2,19,20,22);1H. The van der Waals surface area contributed by atoms with E-state index in [4.69, 9.17) is 0 Å². The highest BCUT2D eigenvalue weighted by Crippen LogP contribution is 2.17. The molecule has 1 aliphatic rings. The van der Waals surface area contributed by atoms with E-state index in [1.165, 1.54) is 12.8 Å². The molecule has 0 aromatic carbocycles. The number of nitrogens with one attached hydrogen (secondary N) is 2. The minimum atomic E-state index is 0. The van der Waals surface area contributed by atoms with Crippen molar-refractivity contribution >= 4 is 47.1 Å². The van der Waals surface area contributed by atoms with Gasteiger partial charge in [-0.25, -0.2) is 9.97 Å². The number of pyridine rings is 1. The molecular weight excluding hydrogens is 459 g/mol. The van der Waals surface area contributed by atoms with Crippen molar-refractivity contribution in [1.82, 2.24) is 20.6 Å². The molecule has 2 aromatic heterocycles. The number of hydrogen-bond acceptors (Lipinski definition) is 5. The third kappa shape index (κ3) is 6.08. The van der Waals surface area contributed by atoms with Crippen LogP contribution in [0.3, 0.4) is 0 Å². The zero-order chi connectivity index (χ0) is 17.5. The molecule has 0 radical (unpaired) electrons. The van der Waals surface area contributed by atoms with Gasteiger partial charge in [-0.15, -0.1) is 35.3 Å². The summed E-state index contributed by atoms with van der Waals surface area (Å²) in [5, 5.41) is 9.89. The summed E-state index contributed by atoms with van der Waals surface area (Å²) in [4.78, 5) is 15.7. The molecule has 2 N–H and O–H groups in total. The second-order valence-electron chi connectivity index (χ2n) is 6.18. The first-order valence-electron chi connectivity index (χ1n) is 8.80. The summed E-state index contributed by atoms with van der Waals surface area (Å²) >= 11 is 1.69. The molecule has 1 aliphatic heterocycles. The highest BCUT2D eigenvalue weighted by atomic mass is 127. The Labute approximate surface area is 176 Å². The van der Waals surface area contributed by atoms with Gasteiger partial charge >= 0.3 is 0 Å². The third-order valence-electron chi connectivity index (χ3n) is 4.26. The Hall–Kier alpha value is -1.42. The van der Waals surface area contributed by atoms with Crippen molar-refractivity contribution in [3.05, 3.63) is 40.0 Å². The number of anilines is 1. The Morgan fingerprint density at radius 2 is 2.08 bits per heavy atom. The van der Waals surface area contributed by atoms with E-state index in [0.717, 1.165) is 54.1 Å². The molecule has 0 unspecified atom stereocenters. The van der Waals surface area contributed by atoms with Crippen LogP contribution in [0.15, 0.2) is 28.7 Å². The van der Waals surface area contributed by atoms with Gasteiger partial charge in [0.25, 0.3) is 0 Å². The molecule has 0 saturated carbocycles. The van der Waals surface area contributed by atoms with Gasteiger partial charge < -0.3 is 15.5 Å². The number of hydrogen-bond donors (Lipinski definition) is 2. The first-order valence-corrected chi connectivity index (χ1v) is 9.68. The molecule has 8 heteroatoms. The Bertz CT molecular complexity index is 694. The first-order chi connectivity index (χ1) is 12.2. The number of aliphatic imine (C=N–C) groups is 1. The molecule has 3 rings (SSSR count). The van der Waals surface area contributed by atoms with E-state index in [2.05, 4.69) is 48.0 Å². The van der Waals surface area contributed by atoms with Crippen molar-refractivity contribution in [3.63, 3.8) is 0 Å². The SMILES string of the molecule is CN=C(NCCc1csc(C)n1)NCc1ccc(N2CCCC2)nc1.I. The zero-order valence-electron chi connectivity index (χ0n) is 15.4. The average Bonchev–Trinajstić information content (AvgIpc) is 3.30. The summed E-state index contributed by atoms with van der Waals surface area (Å²) in [6.45, 7) is 5.81. The fraction of sp³-hybridized carbons (Fsp3) is 0.500. The van der Waals surface area contributed by atoms with Crippen LogP contribution in [0, 0.1) is 6.92 Å². The van der Waals surface area contributed by atoms with Gasteiger partial charge in [0.05, 0.1) is 10.7 Å². The predicted octanol–water partition coefficient (Wildman–Crippen LogP) is 2.97. The Morgan fingerprint density at radius 1 is 1.27 bits per heavy atom. The summed E-state index contributed by atoms with van der Waals surface area (Å²) < 4.78 is 0. The molecule has 0 atom stereocenters. The minimum absolute atomic E-state index is 0. The molecular formula is C18H27IN6S. The average molecular weight is 486 g/mol. The summed E-state index contributed by atoms with van der Waals surface area (Å²) in [6.07, 6.45) is 5.39. The van der Waals surface area contributed by atoms with E-state index in [9.17, 15) is 0 Å². The molecule has 0 amide bonds. The molecule has 0 spiro atoms. The lowest BCUT2D eigenvalue weighted by Gasteiger charge is -2.16. The minimum Gasteiger partial charge on any atom is -0.357 e. The maximum atomic E-state index is 4.59. The van der Waals surface area contributed by atoms with Crippen molar-refractivity contribution in [2.75, 3.05) is 31.6 Å². The van der Waals surface area contributed by atoms with Gasteiger partial charge in [-0.1, -0.05) is 6.07 Å². The number of nitrogens with zero attached hydrogens (tertiary/aromatic N) is 4. The van der Waals surface area contributed by atoms with Gasteiger partial charge in [-0.3, -0.25) is 4.99 Å². The normalized spacial score (nSPS) is 14.2. The second kappa shape index (κ2) is 10.7. The molecule has 1 saturated heterocycles. The maximum absolute atomic E-state index is 4.59. The summed E-state index contributed by atoms with van der Waals surface area (Å²) in [6, 6.07) is 4.25. The lowest BCUT2D eigenvalue weighted by molar-refractivity contribution is 0.784. The van der Waals surface area contributed by atoms with Crippen LogP contribution in [0.25, 0.3) is 0 Å². The van der Waals surface area contributed by atoms with Crippen molar-refractivity contribution < 1.29 is 0 Å². The Morgan fingerprint density at radius 3 is 2.69 bits per heavy atom. The molecule has 26 heavy (non-hydrogen) atoms. The van der Waals surface area contributed by atoms with Crippen LogP contribution in [0.2, 0.25) is 0 Å². The van der Waals surface area contributed by atoms with Crippen LogP contribution < -0.4 is 15.5 Å². The monoisotopic (exact) mass is 486 g/mol. The zero-order valence-corrected chi connectivity index (χ0v) is 18.5. The van der Waals surface area contributed by atoms with Crippen molar-refractivity contribution in [3.8, 4) is 0 Å². The second-order valence-corrected chi connectivity index (χ2v) is 7.24. The number of aromatic nitrogens is 2. The number of rotatable bonds is 6. The van der Waals surface area contributed by atoms with Crippen LogP contribution in [-0.4, -0.2) is 42.6 Å². The molecule has 0 bridgehead atoms. The van der Waals surface area contributed by atoms with Gasteiger partial charge in [-0.2, -0.15) is 0 Å². The quantitative estimate of drug-likeness (QED) is 0.374. The number of aryl methyl sites for hydroxylation is 1. The Kier molecular flexibility index (Phi) is 8.56. The highest BCUT2D eigenvalue weighted by Gasteiger charge is 2.12. The molecule has 3 heterocycles. The van der Waals surface area contributed by atoms with E-state index >= 15 is 0 Å². The lowest BCUT2D eigenvalue weighted by Crippen LogP contribution is -2.37. The summed E-state index contributed by atoms with van der Waals surface area (Å²) in [7, 11) is 1.79. The van der Waals surface area contributed by atoms with Gasteiger partial charge in [0.15, 0.2) is 5.96 Å². The smallest absolute Gasteiger partial charge is 0.191 e. The van der Waals surface area contributed by atoms with Gasteiger partial charge in [0, 0.05) is 51.2 Å². The Balaban J connectivity index is 0.00000243. The lowest BCUT2D eigenvalue weighted by atomic mass is 10.3. The van der Waals surface area contributed by atoms with E-state index in [-0.39, 0.29) is 24.0 Å². The van der Waals surface area contributed by atoms with Gasteiger partial charge in [0.1, 0.15) is 5.82 Å². The van der Waals surface area contributed by atoms with E-state index in [1.54, 1.807) is 18.4 Å². The van der Waals surface area contributed by atoms with E-state index < -0.39 is 0 Å². The van der Waals surface area contributed by atoms with Crippen LogP contribution >= 0.6 is 35.3 Å². The number of guanidine groups is 1. The fourth-order valence-electron chi connectivity index (χ4n) is 2.89. The molecule has 6 nitrogen and oxygen atoms in total. The van der Waals surface area contributed by atoms with Crippen molar-refractivity contribution in [1.29, 1.82) is 0 Å². The van der Waals surface area contributed by atoms with Crippen LogP contribution in [0.5, 0.6) is 0 Å². The molecule has 2 aromatic rings. The molecule has 142 valence electrons. The molecule has 0 aliphatic carbocycles. The largest absolute Gasteiger partial charge is 0.357 e. The maximum Gasteiger partial charge on any atom is 0.191 e. The fourth-order valence-corrected chi connectivity index (χ4v) is 3.54. The summed E-state index contributed by atoms with van der Waals surface area (Å²) in [5.74, 6) is 1.89.